The summed E-state index contributed by atoms with van der Waals surface area (Å²) >= 11 is 5.71. The molecule has 0 aliphatic carbocycles. The minimum atomic E-state index is -1.83. The van der Waals surface area contributed by atoms with E-state index in [4.69, 9.17) is 11.6 Å². The zero-order chi connectivity index (χ0) is 14.2. The van der Waals surface area contributed by atoms with Gasteiger partial charge in [-0.15, -0.1) is 0 Å². The molecule has 1 N–H and O–H groups in total. The van der Waals surface area contributed by atoms with E-state index in [1.54, 1.807) is 0 Å². The Morgan fingerprint density at radius 1 is 0.895 bits per heavy atom. The van der Waals surface area contributed by atoms with E-state index in [9.17, 15) is 22.7 Å². The van der Waals surface area contributed by atoms with Crippen LogP contribution in [0.1, 0.15) is 17.2 Å². The summed E-state index contributed by atoms with van der Waals surface area (Å²) in [7, 11) is 0. The van der Waals surface area contributed by atoms with Gasteiger partial charge in [-0.1, -0.05) is 23.7 Å². The Bertz CT molecular complexity index is 610. The Balaban J connectivity index is 2.57. The molecule has 0 aliphatic rings. The van der Waals surface area contributed by atoms with Gasteiger partial charge in [0.1, 0.15) is 11.9 Å². The molecule has 0 bridgehead atoms. The molecule has 0 heterocycles. The van der Waals surface area contributed by atoms with Crippen LogP contribution in [0.15, 0.2) is 30.3 Å². The van der Waals surface area contributed by atoms with Gasteiger partial charge in [-0.25, -0.2) is 17.6 Å². The van der Waals surface area contributed by atoms with E-state index in [0.29, 0.717) is 6.07 Å². The lowest BCUT2D eigenvalue weighted by Gasteiger charge is -2.15. The van der Waals surface area contributed by atoms with Crippen LogP contribution in [0, 0.1) is 23.3 Å². The van der Waals surface area contributed by atoms with Crippen molar-refractivity contribution in [2.45, 2.75) is 6.10 Å². The van der Waals surface area contributed by atoms with Gasteiger partial charge in [-0.2, -0.15) is 0 Å². The Morgan fingerprint density at radius 3 is 2.21 bits per heavy atom. The summed E-state index contributed by atoms with van der Waals surface area (Å²) in [6.45, 7) is 0. The molecule has 0 fully saturated rings. The summed E-state index contributed by atoms with van der Waals surface area (Å²) < 4.78 is 53.0. The van der Waals surface area contributed by atoms with Gasteiger partial charge in [-0.05, 0) is 18.2 Å². The van der Waals surface area contributed by atoms with Crippen molar-refractivity contribution in [3.05, 3.63) is 69.8 Å². The highest BCUT2D eigenvalue weighted by Crippen LogP contribution is 2.32. The van der Waals surface area contributed by atoms with Gasteiger partial charge in [0.15, 0.2) is 17.5 Å². The number of benzene rings is 2. The van der Waals surface area contributed by atoms with E-state index in [1.165, 1.54) is 12.1 Å². The third-order valence-electron chi connectivity index (χ3n) is 2.63. The lowest BCUT2D eigenvalue weighted by Crippen LogP contribution is -2.08. The summed E-state index contributed by atoms with van der Waals surface area (Å²) in [5, 5.41) is 9.75. The van der Waals surface area contributed by atoms with Crippen molar-refractivity contribution in [1.29, 1.82) is 0 Å². The fourth-order valence-corrected chi connectivity index (χ4v) is 1.95. The molecular weight excluding hydrogens is 284 g/mol. The van der Waals surface area contributed by atoms with Crippen LogP contribution in [0.5, 0.6) is 0 Å². The maximum atomic E-state index is 13.6. The molecule has 2 aromatic rings. The van der Waals surface area contributed by atoms with E-state index in [2.05, 4.69) is 0 Å². The first-order valence-electron chi connectivity index (χ1n) is 5.19. The van der Waals surface area contributed by atoms with Crippen molar-refractivity contribution in [3.8, 4) is 0 Å². The largest absolute Gasteiger partial charge is 0.383 e. The van der Waals surface area contributed by atoms with Crippen LogP contribution in [0.25, 0.3) is 0 Å². The predicted octanol–water partition coefficient (Wildman–Crippen LogP) is 3.98. The number of aliphatic hydroxyl groups is 1. The van der Waals surface area contributed by atoms with Crippen molar-refractivity contribution in [3.63, 3.8) is 0 Å². The highest BCUT2D eigenvalue weighted by Gasteiger charge is 2.24. The SMILES string of the molecule is OC(c1ccc(F)c(F)c1F)c1c(F)cccc1Cl. The smallest absolute Gasteiger partial charge is 0.194 e. The highest BCUT2D eigenvalue weighted by molar-refractivity contribution is 6.31. The first-order valence-corrected chi connectivity index (χ1v) is 5.56. The lowest BCUT2D eigenvalue weighted by atomic mass is 10.00. The summed E-state index contributed by atoms with van der Waals surface area (Å²) in [5.41, 5.74) is -0.986. The van der Waals surface area contributed by atoms with Crippen LogP contribution in [0.3, 0.4) is 0 Å². The van der Waals surface area contributed by atoms with Crippen molar-refractivity contribution < 1.29 is 22.7 Å². The van der Waals surface area contributed by atoms with E-state index >= 15 is 0 Å². The Morgan fingerprint density at radius 2 is 1.58 bits per heavy atom. The van der Waals surface area contributed by atoms with Crippen molar-refractivity contribution in [1.82, 2.24) is 0 Å². The lowest BCUT2D eigenvalue weighted by molar-refractivity contribution is 0.207. The van der Waals surface area contributed by atoms with Crippen LogP contribution < -0.4 is 0 Å². The van der Waals surface area contributed by atoms with E-state index < -0.39 is 40.5 Å². The van der Waals surface area contributed by atoms with Gasteiger partial charge >= 0.3 is 0 Å². The van der Waals surface area contributed by atoms with Gasteiger partial charge in [0.05, 0.1) is 0 Å². The molecule has 1 unspecified atom stereocenters. The zero-order valence-electron chi connectivity index (χ0n) is 9.30. The first-order chi connectivity index (χ1) is 8.93. The number of rotatable bonds is 2. The van der Waals surface area contributed by atoms with E-state index in [0.717, 1.165) is 12.1 Å². The van der Waals surface area contributed by atoms with E-state index in [-0.39, 0.29) is 5.02 Å². The maximum Gasteiger partial charge on any atom is 0.194 e. The second-order valence-corrected chi connectivity index (χ2v) is 4.21. The predicted molar refractivity (Wildman–Crippen MR) is 61.8 cm³/mol. The van der Waals surface area contributed by atoms with Gasteiger partial charge in [-0.3, -0.25) is 0 Å². The maximum absolute atomic E-state index is 13.6. The van der Waals surface area contributed by atoms with E-state index in [1.807, 2.05) is 0 Å². The molecule has 1 nitrogen and oxygen atoms in total. The Hall–Kier alpha value is -1.59. The standard InChI is InChI=1S/C13H7ClF4O/c14-7-2-1-3-8(15)10(7)13(19)6-4-5-9(16)12(18)11(6)17/h1-5,13,19H. The molecule has 0 aliphatic heterocycles. The summed E-state index contributed by atoms with van der Waals surface area (Å²) in [6.07, 6.45) is -1.83. The van der Waals surface area contributed by atoms with Crippen LogP contribution in [-0.2, 0) is 0 Å². The van der Waals surface area contributed by atoms with Crippen molar-refractivity contribution in [2.24, 2.45) is 0 Å². The molecule has 0 spiro atoms. The van der Waals surface area contributed by atoms with Crippen LogP contribution in [0.4, 0.5) is 17.6 Å². The number of hydrogen-bond acceptors (Lipinski definition) is 1. The summed E-state index contributed by atoms with van der Waals surface area (Å²) in [4.78, 5) is 0. The van der Waals surface area contributed by atoms with Crippen molar-refractivity contribution >= 4 is 11.6 Å². The molecule has 0 radical (unpaired) electrons. The minimum absolute atomic E-state index is 0.142. The summed E-state index contributed by atoms with van der Waals surface area (Å²) in [5.74, 6) is -5.58. The quantitative estimate of drug-likeness (QED) is 0.655. The monoisotopic (exact) mass is 290 g/mol. The molecule has 0 saturated heterocycles. The Kier molecular flexibility index (Phi) is 3.78. The topological polar surface area (TPSA) is 20.2 Å². The van der Waals surface area contributed by atoms with Gasteiger partial charge in [0.25, 0.3) is 0 Å². The fraction of sp³-hybridized carbons (Fsp3) is 0.0769. The number of halogens is 5. The molecule has 0 aromatic heterocycles. The molecule has 100 valence electrons. The third-order valence-corrected chi connectivity index (χ3v) is 2.96. The number of hydrogen-bond donors (Lipinski definition) is 1. The average molecular weight is 291 g/mol. The highest BCUT2D eigenvalue weighted by atomic mass is 35.5. The second-order valence-electron chi connectivity index (χ2n) is 3.80. The van der Waals surface area contributed by atoms with Gasteiger partial charge in [0.2, 0.25) is 0 Å². The van der Waals surface area contributed by atoms with Crippen molar-refractivity contribution in [2.75, 3.05) is 0 Å². The molecule has 2 rings (SSSR count). The van der Waals surface area contributed by atoms with Crippen LogP contribution in [-0.4, -0.2) is 5.11 Å². The zero-order valence-corrected chi connectivity index (χ0v) is 10.1. The molecule has 1 atom stereocenters. The van der Waals surface area contributed by atoms with Gasteiger partial charge < -0.3 is 5.11 Å². The molecule has 19 heavy (non-hydrogen) atoms. The Labute approximate surface area is 111 Å². The minimum Gasteiger partial charge on any atom is -0.383 e. The molecule has 0 saturated carbocycles. The molecule has 0 amide bonds. The normalized spacial score (nSPS) is 12.5. The second kappa shape index (κ2) is 5.19. The number of aliphatic hydroxyl groups excluding tert-OH is 1. The third kappa shape index (κ3) is 2.43. The average Bonchev–Trinajstić information content (AvgIpc) is 2.35. The molecule has 2 aromatic carbocycles. The van der Waals surface area contributed by atoms with Gasteiger partial charge in [0, 0.05) is 16.1 Å². The first kappa shape index (κ1) is 13.8. The summed E-state index contributed by atoms with van der Waals surface area (Å²) in [6, 6.07) is 5.09. The fourth-order valence-electron chi connectivity index (χ4n) is 1.68. The van der Waals surface area contributed by atoms with Crippen LogP contribution in [0.2, 0.25) is 5.02 Å². The molecule has 6 heteroatoms. The molecular formula is C13H7ClF4O. The van der Waals surface area contributed by atoms with Crippen LogP contribution >= 0.6 is 11.6 Å².